The van der Waals surface area contributed by atoms with Crippen LogP contribution in [0.5, 0.6) is 0 Å². The van der Waals surface area contributed by atoms with Crippen molar-refractivity contribution in [3.63, 3.8) is 0 Å². The third-order valence-electron chi connectivity index (χ3n) is 5.45. The van der Waals surface area contributed by atoms with E-state index in [-0.39, 0.29) is 30.6 Å². The minimum atomic E-state index is -0.615. The fourth-order valence-electron chi connectivity index (χ4n) is 3.86. The monoisotopic (exact) mass is 423 g/mol. The van der Waals surface area contributed by atoms with Gasteiger partial charge in [-0.05, 0) is 36.2 Å². The highest BCUT2D eigenvalue weighted by Crippen LogP contribution is 2.33. The van der Waals surface area contributed by atoms with Gasteiger partial charge in [0.1, 0.15) is 12.4 Å². The van der Waals surface area contributed by atoms with Gasteiger partial charge in [0.15, 0.2) is 0 Å². The van der Waals surface area contributed by atoms with E-state index in [1.807, 2.05) is 36.4 Å². The Kier molecular flexibility index (Phi) is 6.08. The highest BCUT2D eigenvalue weighted by molar-refractivity contribution is 6.03. The Morgan fingerprint density at radius 2 is 1.71 bits per heavy atom. The first-order chi connectivity index (χ1) is 15.1. The maximum absolute atomic E-state index is 12.4. The minimum absolute atomic E-state index is 0.00983. The standard InChI is InChI=1S/C23H25N3O5/c1-29-22(27)17-13-31-14-26(21(17)23(28)30-2)16-9-7-15(8-10-16)18-11-12-24-19-5-3-4-6-20(19)25-18/h3-10,18,24-25H,11-14H2,1-2H3. The van der Waals surface area contributed by atoms with Gasteiger partial charge in [-0.3, -0.25) is 0 Å². The molecule has 0 radical (unpaired) electrons. The van der Waals surface area contributed by atoms with Gasteiger partial charge in [0.2, 0.25) is 0 Å². The van der Waals surface area contributed by atoms with E-state index in [1.54, 1.807) is 4.90 Å². The number of rotatable bonds is 4. The van der Waals surface area contributed by atoms with Crippen LogP contribution in [0.2, 0.25) is 0 Å². The number of benzene rings is 2. The Labute approximate surface area is 180 Å². The molecule has 4 rings (SSSR count). The average Bonchev–Trinajstić information content (AvgIpc) is 3.05. The van der Waals surface area contributed by atoms with Crippen LogP contribution in [0.1, 0.15) is 18.0 Å². The number of para-hydroxylation sites is 2. The van der Waals surface area contributed by atoms with Gasteiger partial charge in [-0.15, -0.1) is 0 Å². The summed E-state index contributed by atoms with van der Waals surface area (Å²) < 4.78 is 15.3. The second-order valence-corrected chi connectivity index (χ2v) is 7.27. The topological polar surface area (TPSA) is 89.1 Å². The van der Waals surface area contributed by atoms with Crippen LogP contribution in [0.4, 0.5) is 17.1 Å². The molecule has 0 amide bonds. The lowest BCUT2D eigenvalue weighted by molar-refractivity contribution is -0.140. The summed E-state index contributed by atoms with van der Waals surface area (Å²) in [7, 11) is 2.55. The molecule has 162 valence electrons. The molecule has 0 aliphatic carbocycles. The molecule has 2 aromatic carbocycles. The molecule has 8 heteroatoms. The van der Waals surface area contributed by atoms with Crippen molar-refractivity contribution in [3.8, 4) is 0 Å². The highest BCUT2D eigenvalue weighted by atomic mass is 16.5. The van der Waals surface area contributed by atoms with Crippen molar-refractivity contribution in [1.82, 2.24) is 0 Å². The summed E-state index contributed by atoms with van der Waals surface area (Å²) >= 11 is 0. The van der Waals surface area contributed by atoms with Crippen molar-refractivity contribution in [2.75, 3.05) is 49.6 Å². The smallest absolute Gasteiger partial charge is 0.355 e. The molecule has 0 saturated heterocycles. The molecule has 2 heterocycles. The van der Waals surface area contributed by atoms with Crippen molar-refractivity contribution in [1.29, 1.82) is 0 Å². The molecule has 1 atom stereocenters. The van der Waals surface area contributed by atoms with Crippen molar-refractivity contribution in [3.05, 3.63) is 65.4 Å². The van der Waals surface area contributed by atoms with Gasteiger partial charge in [0, 0.05) is 12.2 Å². The number of methoxy groups -OCH3 is 2. The predicted octanol–water partition coefficient (Wildman–Crippen LogP) is 3.05. The zero-order valence-electron chi connectivity index (χ0n) is 17.5. The first kappa shape index (κ1) is 20.7. The lowest BCUT2D eigenvalue weighted by atomic mass is 10.0. The molecule has 0 saturated carbocycles. The van der Waals surface area contributed by atoms with Crippen LogP contribution in [0.3, 0.4) is 0 Å². The van der Waals surface area contributed by atoms with E-state index in [0.29, 0.717) is 0 Å². The second-order valence-electron chi connectivity index (χ2n) is 7.27. The molecule has 0 bridgehead atoms. The Hall–Kier alpha value is -3.52. The summed E-state index contributed by atoms with van der Waals surface area (Å²) in [6.45, 7) is 0.974. The molecule has 0 spiro atoms. The van der Waals surface area contributed by atoms with Crippen LogP contribution in [0, 0.1) is 0 Å². The van der Waals surface area contributed by atoms with Crippen molar-refractivity contribution in [2.45, 2.75) is 12.5 Å². The molecule has 2 aromatic rings. The van der Waals surface area contributed by atoms with E-state index in [1.165, 1.54) is 14.2 Å². The van der Waals surface area contributed by atoms with Crippen molar-refractivity contribution in [2.24, 2.45) is 0 Å². The maximum atomic E-state index is 12.4. The summed E-state index contributed by atoms with van der Waals surface area (Å²) in [5.74, 6) is -1.23. The number of anilines is 3. The van der Waals surface area contributed by atoms with Crippen LogP contribution in [0.15, 0.2) is 59.8 Å². The van der Waals surface area contributed by atoms with Gasteiger partial charge in [-0.2, -0.15) is 0 Å². The summed E-state index contributed by atoms with van der Waals surface area (Å²) in [5.41, 5.74) is 4.28. The predicted molar refractivity (Wildman–Crippen MR) is 117 cm³/mol. The van der Waals surface area contributed by atoms with E-state index in [2.05, 4.69) is 22.8 Å². The third kappa shape index (κ3) is 4.20. The first-order valence-electron chi connectivity index (χ1n) is 10.1. The van der Waals surface area contributed by atoms with Gasteiger partial charge < -0.3 is 29.7 Å². The van der Waals surface area contributed by atoms with Crippen molar-refractivity contribution >= 4 is 29.0 Å². The maximum Gasteiger partial charge on any atom is 0.355 e. The average molecular weight is 423 g/mol. The number of carbonyl (C=O) groups is 2. The largest absolute Gasteiger partial charge is 0.466 e. The Balaban J connectivity index is 1.61. The van der Waals surface area contributed by atoms with Crippen LogP contribution in [-0.4, -0.2) is 46.0 Å². The Morgan fingerprint density at radius 1 is 1.00 bits per heavy atom. The van der Waals surface area contributed by atoms with Crippen molar-refractivity contribution < 1.29 is 23.8 Å². The fourth-order valence-corrected chi connectivity index (χ4v) is 3.86. The fraction of sp³-hybridized carbons (Fsp3) is 0.304. The van der Waals surface area contributed by atoms with E-state index in [4.69, 9.17) is 14.2 Å². The van der Waals surface area contributed by atoms with E-state index >= 15 is 0 Å². The molecule has 2 aliphatic heterocycles. The van der Waals surface area contributed by atoms with Crippen LogP contribution in [-0.2, 0) is 23.8 Å². The molecule has 0 aromatic heterocycles. The van der Waals surface area contributed by atoms with Crippen LogP contribution >= 0.6 is 0 Å². The minimum Gasteiger partial charge on any atom is -0.466 e. The molecule has 2 N–H and O–H groups in total. The van der Waals surface area contributed by atoms with Gasteiger partial charge in [-0.1, -0.05) is 24.3 Å². The summed E-state index contributed by atoms with van der Waals surface area (Å²) in [5, 5.41) is 7.04. The zero-order chi connectivity index (χ0) is 21.8. The highest BCUT2D eigenvalue weighted by Gasteiger charge is 2.32. The summed E-state index contributed by atoms with van der Waals surface area (Å²) in [6, 6.07) is 16.1. The second kappa shape index (κ2) is 9.09. The molecular formula is C23H25N3O5. The van der Waals surface area contributed by atoms with Gasteiger partial charge >= 0.3 is 11.9 Å². The summed E-state index contributed by atoms with van der Waals surface area (Å²) in [4.78, 5) is 26.2. The van der Waals surface area contributed by atoms with E-state index in [9.17, 15) is 9.59 Å². The van der Waals surface area contributed by atoms with E-state index < -0.39 is 11.9 Å². The van der Waals surface area contributed by atoms with Gasteiger partial charge in [0.25, 0.3) is 0 Å². The summed E-state index contributed by atoms with van der Waals surface area (Å²) in [6.07, 6.45) is 0.917. The SMILES string of the molecule is COC(=O)C1=C(C(=O)OC)N(c2ccc(C3CCNc4ccccc4N3)cc2)COC1. The lowest BCUT2D eigenvalue weighted by Crippen LogP contribution is -2.38. The van der Waals surface area contributed by atoms with Crippen LogP contribution in [0.25, 0.3) is 0 Å². The number of carbonyl (C=O) groups excluding carboxylic acids is 2. The number of hydrogen-bond donors (Lipinski definition) is 2. The number of hydrogen-bond acceptors (Lipinski definition) is 8. The molecule has 0 fully saturated rings. The number of ether oxygens (including phenoxy) is 3. The Morgan fingerprint density at radius 3 is 2.42 bits per heavy atom. The van der Waals surface area contributed by atoms with Gasteiger partial charge in [0.05, 0.1) is 43.8 Å². The number of nitrogens with one attached hydrogen (secondary N) is 2. The van der Waals surface area contributed by atoms with E-state index in [0.717, 1.165) is 35.6 Å². The first-order valence-corrected chi connectivity index (χ1v) is 10.1. The normalized spacial score (nSPS) is 18.3. The quantitative estimate of drug-likeness (QED) is 0.726. The molecule has 31 heavy (non-hydrogen) atoms. The molecule has 8 nitrogen and oxygen atoms in total. The lowest BCUT2D eigenvalue weighted by Gasteiger charge is -2.31. The number of fused-ring (bicyclic) bond motifs is 1. The Bertz CT molecular complexity index is 1000. The number of nitrogens with zero attached hydrogens (tertiary/aromatic N) is 1. The molecule has 1 unspecified atom stereocenters. The molecule has 2 aliphatic rings. The number of esters is 2. The third-order valence-corrected chi connectivity index (χ3v) is 5.45. The van der Waals surface area contributed by atoms with Gasteiger partial charge in [-0.25, -0.2) is 9.59 Å². The van der Waals surface area contributed by atoms with Crippen LogP contribution < -0.4 is 15.5 Å². The zero-order valence-corrected chi connectivity index (χ0v) is 17.5. The molecular weight excluding hydrogens is 398 g/mol.